The van der Waals surface area contributed by atoms with Crippen LogP contribution in [0.3, 0.4) is 0 Å². The minimum absolute atomic E-state index is 0.00623. The molecule has 0 aliphatic heterocycles. The fourth-order valence-corrected chi connectivity index (χ4v) is 4.59. The van der Waals surface area contributed by atoms with E-state index in [4.69, 9.17) is 0 Å². The first kappa shape index (κ1) is 19.6. The number of non-ortho nitro benzene ring substituents is 1. The largest absolute Gasteiger partial charge is 0.357 e. The lowest BCUT2D eigenvalue weighted by molar-refractivity contribution is -0.384. The summed E-state index contributed by atoms with van der Waals surface area (Å²) in [6.07, 6.45) is 6.14. The highest BCUT2D eigenvalue weighted by Crippen LogP contribution is 2.28. The predicted molar refractivity (Wildman–Crippen MR) is 108 cm³/mol. The van der Waals surface area contributed by atoms with Crippen LogP contribution in [0.15, 0.2) is 22.5 Å². The van der Waals surface area contributed by atoms with E-state index in [1.807, 2.05) is 0 Å². The molecule has 0 saturated heterocycles. The number of nitrogens with one attached hydrogen (secondary N) is 2. The van der Waals surface area contributed by atoms with E-state index in [1.54, 1.807) is 13.0 Å². The van der Waals surface area contributed by atoms with Crippen LogP contribution < -0.4 is 10.6 Å². The number of hydrogen-bond donors (Lipinski definition) is 2. The first-order valence-electron chi connectivity index (χ1n) is 8.79. The Balaban J connectivity index is 1.48. The molecule has 1 saturated carbocycles. The smallest absolute Gasteiger partial charge is 0.269 e. The standard InChI is InChI=1S/C17H21N5O3S2/c1-11-9-13(22(24)25)7-8-14(11)19-15(23)10-26-17-21-20-16(27-17)18-12-5-3-2-4-6-12/h7-9,12H,2-6,10H2,1H3,(H,18,20)(H,19,23). The third-order valence-corrected chi connectivity index (χ3v) is 6.35. The molecule has 0 unspecified atom stereocenters. The number of benzene rings is 1. The Hall–Kier alpha value is -2.20. The van der Waals surface area contributed by atoms with Gasteiger partial charge in [-0.2, -0.15) is 0 Å². The van der Waals surface area contributed by atoms with Crippen LogP contribution in [-0.4, -0.2) is 32.8 Å². The SMILES string of the molecule is Cc1cc([N+](=O)[O-])ccc1NC(=O)CSc1nnc(NC2CCCCC2)s1. The fourth-order valence-electron chi connectivity index (χ4n) is 2.96. The van der Waals surface area contributed by atoms with Crippen LogP contribution in [0.25, 0.3) is 0 Å². The molecule has 27 heavy (non-hydrogen) atoms. The Bertz CT molecular complexity index is 821. The molecule has 1 aromatic carbocycles. The molecule has 0 spiro atoms. The van der Waals surface area contributed by atoms with Gasteiger partial charge in [-0.15, -0.1) is 10.2 Å². The molecule has 1 aliphatic rings. The average molecular weight is 408 g/mol. The van der Waals surface area contributed by atoms with Gasteiger partial charge in [-0.25, -0.2) is 0 Å². The van der Waals surface area contributed by atoms with Crippen molar-refractivity contribution in [1.82, 2.24) is 10.2 Å². The fraction of sp³-hybridized carbons (Fsp3) is 0.471. The first-order chi connectivity index (χ1) is 13.0. The zero-order valence-electron chi connectivity index (χ0n) is 14.9. The van der Waals surface area contributed by atoms with Crippen LogP contribution in [0.1, 0.15) is 37.7 Å². The number of amides is 1. The van der Waals surface area contributed by atoms with Crippen molar-refractivity contribution < 1.29 is 9.72 Å². The topological polar surface area (TPSA) is 110 Å². The maximum absolute atomic E-state index is 12.2. The number of thioether (sulfide) groups is 1. The summed E-state index contributed by atoms with van der Waals surface area (Å²) in [7, 11) is 0. The van der Waals surface area contributed by atoms with E-state index in [0.717, 1.165) is 9.47 Å². The zero-order chi connectivity index (χ0) is 19.2. The third kappa shape index (κ3) is 5.64. The lowest BCUT2D eigenvalue weighted by Gasteiger charge is -2.21. The van der Waals surface area contributed by atoms with Gasteiger partial charge >= 0.3 is 0 Å². The molecule has 144 valence electrons. The molecule has 2 aromatic rings. The molecule has 0 bridgehead atoms. The lowest BCUT2D eigenvalue weighted by Crippen LogP contribution is -2.21. The Labute approximate surface area is 165 Å². The molecular formula is C17H21N5O3S2. The molecular weight excluding hydrogens is 386 g/mol. The minimum atomic E-state index is -0.456. The van der Waals surface area contributed by atoms with Crippen molar-refractivity contribution in [2.45, 2.75) is 49.4 Å². The molecule has 1 amide bonds. The number of anilines is 2. The first-order valence-corrected chi connectivity index (χ1v) is 10.6. The molecule has 1 aliphatic carbocycles. The third-order valence-electron chi connectivity index (χ3n) is 4.36. The van der Waals surface area contributed by atoms with Gasteiger partial charge in [0.2, 0.25) is 11.0 Å². The van der Waals surface area contributed by atoms with Crippen molar-refractivity contribution in [2.24, 2.45) is 0 Å². The molecule has 10 heteroatoms. The number of rotatable bonds is 7. The molecule has 0 atom stereocenters. The number of hydrogen-bond acceptors (Lipinski definition) is 8. The van der Waals surface area contributed by atoms with Gasteiger partial charge in [0.1, 0.15) is 0 Å². The minimum Gasteiger partial charge on any atom is -0.357 e. The van der Waals surface area contributed by atoms with E-state index in [9.17, 15) is 14.9 Å². The van der Waals surface area contributed by atoms with Gasteiger partial charge in [0.25, 0.3) is 5.69 Å². The van der Waals surface area contributed by atoms with Crippen molar-refractivity contribution in [1.29, 1.82) is 0 Å². The molecule has 3 rings (SSSR count). The highest BCUT2D eigenvalue weighted by atomic mass is 32.2. The highest BCUT2D eigenvalue weighted by molar-refractivity contribution is 8.01. The quantitative estimate of drug-likeness (QED) is 0.401. The second-order valence-corrected chi connectivity index (χ2v) is 8.65. The van der Waals surface area contributed by atoms with Crippen molar-refractivity contribution in [3.8, 4) is 0 Å². The zero-order valence-corrected chi connectivity index (χ0v) is 16.6. The molecule has 1 heterocycles. The van der Waals surface area contributed by atoms with E-state index < -0.39 is 4.92 Å². The molecule has 1 aromatic heterocycles. The summed E-state index contributed by atoms with van der Waals surface area (Å²) in [5.41, 5.74) is 1.23. The van der Waals surface area contributed by atoms with E-state index in [-0.39, 0.29) is 17.3 Å². The number of carbonyl (C=O) groups is 1. The van der Waals surface area contributed by atoms with Crippen molar-refractivity contribution >= 4 is 45.5 Å². The summed E-state index contributed by atoms with van der Waals surface area (Å²) in [6.45, 7) is 1.73. The van der Waals surface area contributed by atoms with Crippen LogP contribution >= 0.6 is 23.1 Å². The molecule has 8 nitrogen and oxygen atoms in total. The summed E-state index contributed by atoms with van der Waals surface area (Å²) < 4.78 is 0.740. The monoisotopic (exact) mass is 407 g/mol. The summed E-state index contributed by atoms with van der Waals surface area (Å²) in [6, 6.07) is 4.84. The van der Waals surface area contributed by atoms with Crippen LogP contribution in [0.4, 0.5) is 16.5 Å². The highest BCUT2D eigenvalue weighted by Gasteiger charge is 2.16. The molecule has 0 radical (unpaired) electrons. The summed E-state index contributed by atoms with van der Waals surface area (Å²) >= 11 is 2.79. The number of nitro groups is 1. The Morgan fingerprint density at radius 1 is 1.33 bits per heavy atom. The van der Waals surface area contributed by atoms with E-state index in [2.05, 4.69) is 20.8 Å². The van der Waals surface area contributed by atoms with E-state index in [1.165, 1.54) is 67.3 Å². The Kier molecular flexibility index (Phi) is 6.62. The Morgan fingerprint density at radius 3 is 2.81 bits per heavy atom. The second kappa shape index (κ2) is 9.14. The number of carbonyl (C=O) groups excluding carboxylic acids is 1. The van der Waals surface area contributed by atoms with Gasteiger partial charge in [-0.3, -0.25) is 14.9 Å². The average Bonchev–Trinajstić information content (AvgIpc) is 3.10. The number of aromatic nitrogens is 2. The maximum atomic E-state index is 12.2. The van der Waals surface area contributed by atoms with Crippen LogP contribution in [0.2, 0.25) is 0 Å². The van der Waals surface area contributed by atoms with E-state index in [0.29, 0.717) is 17.3 Å². The summed E-state index contributed by atoms with van der Waals surface area (Å²) in [4.78, 5) is 22.5. The molecule has 1 fully saturated rings. The second-order valence-electron chi connectivity index (χ2n) is 6.45. The van der Waals surface area contributed by atoms with E-state index >= 15 is 0 Å². The maximum Gasteiger partial charge on any atom is 0.269 e. The normalized spacial score (nSPS) is 14.7. The number of nitro benzene ring substituents is 1. The van der Waals surface area contributed by atoms with Crippen molar-refractivity contribution in [3.63, 3.8) is 0 Å². The van der Waals surface area contributed by atoms with Crippen molar-refractivity contribution in [2.75, 3.05) is 16.4 Å². The molecule has 2 N–H and O–H groups in total. The van der Waals surface area contributed by atoms with Gasteiger partial charge in [0.05, 0.1) is 10.7 Å². The van der Waals surface area contributed by atoms with Gasteiger partial charge in [0.15, 0.2) is 4.34 Å². The predicted octanol–water partition coefficient (Wildman–Crippen LogP) is 4.23. The number of aryl methyl sites for hydroxylation is 1. The lowest BCUT2D eigenvalue weighted by atomic mass is 9.96. The van der Waals surface area contributed by atoms with Gasteiger partial charge in [-0.05, 0) is 31.4 Å². The van der Waals surface area contributed by atoms with Crippen LogP contribution in [-0.2, 0) is 4.79 Å². The van der Waals surface area contributed by atoms with Gasteiger partial charge in [0, 0.05) is 23.9 Å². The van der Waals surface area contributed by atoms with Crippen molar-refractivity contribution in [3.05, 3.63) is 33.9 Å². The van der Waals surface area contributed by atoms with Gasteiger partial charge in [-0.1, -0.05) is 42.4 Å². The van der Waals surface area contributed by atoms with Gasteiger partial charge < -0.3 is 10.6 Å². The van der Waals surface area contributed by atoms with Crippen LogP contribution in [0.5, 0.6) is 0 Å². The summed E-state index contributed by atoms with van der Waals surface area (Å²) in [5.74, 6) is 0.0167. The van der Waals surface area contributed by atoms with Crippen LogP contribution in [0, 0.1) is 17.0 Å². The Morgan fingerprint density at radius 2 is 2.11 bits per heavy atom. The number of nitrogens with zero attached hydrogens (tertiary/aromatic N) is 3. The summed E-state index contributed by atoms with van der Waals surface area (Å²) in [5, 5.41) is 26.1.